The molecule has 1 aromatic rings. The fraction of sp³-hybridized carbons (Fsp3) is 0.385. The van der Waals surface area contributed by atoms with E-state index in [0.29, 0.717) is 17.9 Å². The van der Waals surface area contributed by atoms with Gasteiger partial charge in [0.15, 0.2) is 0 Å². The first-order valence-corrected chi connectivity index (χ1v) is 5.94. The van der Waals surface area contributed by atoms with E-state index in [0.717, 1.165) is 0 Å². The Morgan fingerprint density at radius 2 is 2.26 bits per heavy atom. The van der Waals surface area contributed by atoms with Crippen molar-refractivity contribution in [2.75, 3.05) is 18.6 Å². The molecule has 1 unspecified atom stereocenters. The summed E-state index contributed by atoms with van der Waals surface area (Å²) in [7, 11) is 1.50. The molecule has 1 atom stereocenters. The molecule has 1 aliphatic heterocycles. The molecule has 19 heavy (non-hydrogen) atoms. The van der Waals surface area contributed by atoms with Gasteiger partial charge >= 0.3 is 12.1 Å². The molecule has 0 aromatic heterocycles. The van der Waals surface area contributed by atoms with E-state index in [1.807, 2.05) is 0 Å². The highest BCUT2D eigenvalue weighted by Crippen LogP contribution is 2.33. The van der Waals surface area contributed by atoms with Crippen molar-refractivity contribution in [2.24, 2.45) is 0 Å². The van der Waals surface area contributed by atoms with E-state index in [2.05, 4.69) is 0 Å². The van der Waals surface area contributed by atoms with Crippen molar-refractivity contribution in [3.8, 4) is 5.75 Å². The molecular weight excluding hydrogens is 250 g/mol. The third kappa shape index (κ3) is 2.78. The van der Waals surface area contributed by atoms with Crippen LogP contribution < -0.4 is 9.64 Å². The van der Waals surface area contributed by atoms with Crippen LogP contribution in [-0.2, 0) is 9.53 Å². The quantitative estimate of drug-likeness (QED) is 0.899. The number of carbonyl (C=O) groups is 2. The van der Waals surface area contributed by atoms with Gasteiger partial charge in [0.05, 0.1) is 31.9 Å². The predicted molar refractivity (Wildman–Crippen MR) is 67.5 cm³/mol. The molecule has 1 N–H and O–H groups in total. The molecule has 1 aromatic carbocycles. The Labute approximate surface area is 110 Å². The number of methoxy groups -OCH3 is 1. The summed E-state index contributed by atoms with van der Waals surface area (Å²) < 4.78 is 10.2. The van der Waals surface area contributed by atoms with Crippen molar-refractivity contribution in [1.29, 1.82) is 0 Å². The average molecular weight is 265 g/mol. The standard InChI is InChI=1S/C13H15NO5/c1-18-11-5-3-2-4-10(11)14-9(8-12(15)16)6-7-19-13(14)17/h2-5,9H,6-8H2,1H3,(H,15,16). The van der Waals surface area contributed by atoms with Gasteiger partial charge in [0, 0.05) is 6.42 Å². The Bertz CT molecular complexity index is 488. The number of rotatable bonds is 4. The summed E-state index contributed by atoms with van der Waals surface area (Å²) in [5.74, 6) is -0.434. The zero-order valence-corrected chi connectivity index (χ0v) is 10.5. The minimum absolute atomic E-state index is 0.118. The normalized spacial score (nSPS) is 18.9. The molecule has 1 fully saturated rings. The van der Waals surface area contributed by atoms with Crippen LogP contribution >= 0.6 is 0 Å². The minimum atomic E-state index is -0.945. The first-order valence-electron chi connectivity index (χ1n) is 5.94. The van der Waals surface area contributed by atoms with Gasteiger partial charge in [0.25, 0.3) is 0 Å². The maximum Gasteiger partial charge on any atom is 0.414 e. The number of carboxylic acids is 1. The maximum atomic E-state index is 11.9. The van der Waals surface area contributed by atoms with Gasteiger partial charge in [0.1, 0.15) is 5.75 Å². The molecule has 1 amide bonds. The van der Waals surface area contributed by atoms with Crippen LogP contribution in [0.4, 0.5) is 10.5 Å². The van der Waals surface area contributed by atoms with Gasteiger partial charge in [-0.2, -0.15) is 0 Å². The zero-order valence-electron chi connectivity index (χ0n) is 10.5. The van der Waals surface area contributed by atoms with Crippen LogP contribution in [0, 0.1) is 0 Å². The van der Waals surface area contributed by atoms with Crippen LogP contribution in [0.3, 0.4) is 0 Å². The first-order chi connectivity index (χ1) is 9.13. The second kappa shape index (κ2) is 5.60. The third-order valence-electron chi connectivity index (χ3n) is 2.99. The van der Waals surface area contributed by atoms with Crippen molar-refractivity contribution >= 4 is 17.7 Å². The summed E-state index contributed by atoms with van der Waals surface area (Å²) in [6.45, 7) is 0.239. The molecular formula is C13H15NO5. The van der Waals surface area contributed by atoms with Gasteiger partial charge in [-0.25, -0.2) is 4.79 Å². The van der Waals surface area contributed by atoms with Crippen LogP contribution in [0.25, 0.3) is 0 Å². The van der Waals surface area contributed by atoms with Crippen LogP contribution in [-0.4, -0.2) is 36.9 Å². The monoisotopic (exact) mass is 265 g/mol. The summed E-state index contributed by atoms with van der Waals surface area (Å²) in [6, 6.07) is 6.55. The largest absolute Gasteiger partial charge is 0.495 e. The Morgan fingerprint density at radius 1 is 1.53 bits per heavy atom. The van der Waals surface area contributed by atoms with Crippen molar-refractivity contribution in [1.82, 2.24) is 0 Å². The van der Waals surface area contributed by atoms with Crippen molar-refractivity contribution in [2.45, 2.75) is 18.9 Å². The molecule has 1 heterocycles. The van der Waals surface area contributed by atoms with E-state index >= 15 is 0 Å². The van der Waals surface area contributed by atoms with Crippen LogP contribution in [0.15, 0.2) is 24.3 Å². The molecule has 0 bridgehead atoms. The molecule has 0 saturated carbocycles. The fourth-order valence-electron chi connectivity index (χ4n) is 2.15. The molecule has 102 valence electrons. The lowest BCUT2D eigenvalue weighted by Gasteiger charge is -2.34. The number of carboxylic acid groups (broad SMARTS) is 1. The molecule has 1 saturated heterocycles. The summed E-state index contributed by atoms with van der Waals surface area (Å²) in [6.07, 6.45) is -0.175. The van der Waals surface area contributed by atoms with Gasteiger partial charge in [-0.05, 0) is 12.1 Å². The highest BCUT2D eigenvalue weighted by molar-refractivity contribution is 5.91. The van der Waals surface area contributed by atoms with Gasteiger partial charge in [-0.1, -0.05) is 12.1 Å². The zero-order chi connectivity index (χ0) is 13.8. The van der Waals surface area contributed by atoms with Crippen LogP contribution in [0.2, 0.25) is 0 Å². The number of carbonyl (C=O) groups excluding carboxylic acids is 1. The van der Waals surface area contributed by atoms with Crippen LogP contribution in [0.5, 0.6) is 5.75 Å². The smallest absolute Gasteiger partial charge is 0.414 e. The average Bonchev–Trinajstić information content (AvgIpc) is 2.38. The van der Waals surface area contributed by atoms with Crippen molar-refractivity contribution in [3.63, 3.8) is 0 Å². The molecule has 2 rings (SSSR count). The minimum Gasteiger partial charge on any atom is -0.495 e. The SMILES string of the molecule is COc1ccccc1N1C(=O)OCCC1CC(=O)O. The lowest BCUT2D eigenvalue weighted by Crippen LogP contribution is -2.47. The van der Waals surface area contributed by atoms with E-state index in [4.69, 9.17) is 14.6 Å². The number of benzene rings is 1. The third-order valence-corrected chi connectivity index (χ3v) is 2.99. The topological polar surface area (TPSA) is 76.1 Å². The summed E-state index contributed by atoms with van der Waals surface area (Å²) in [5.41, 5.74) is 0.529. The Balaban J connectivity index is 2.35. The van der Waals surface area contributed by atoms with E-state index < -0.39 is 18.1 Å². The van der Waals surface area contributed by atoms with Gasteiger partial charge in [-0.15, -0.1) is 0 Å². The Morgan fingerprint density at radius 3 is 2.95 bits per heavy atom. The van der Waals surface area contributed by atoms with Crippen molar-refractivity contribution in [3.05, 3.63) is 24.3 Å². The Kier molecular flexibility index (Phi) is 3.89. The molecule has 6 nitrogen and oxygen atoms in total. The predicted octanol–water partition coefficient (Wildman–Crippen LogP) is 1.89. The van der Waals surface area contributed by atoms with Gasteiger partial charge < -0.3 is 14.6 Å². The molecule has 1 aliphatic rings. The number of amides is 1. The number of ether oxygens (including phenoxy) is 2. The number of aliphatic carboxylic acids is 1. The molecule has 0 spiro atoms. The van der Waals surface area contributed by atoms with E-state index in [9.17, 15) is 9.59 Å². The fourth-order valence-corrected chi connectivity index (χ4v) is 2.15. The number of hydrogen-bond acceptors (Lipinski definition) is 4. The number of nitrogens with zero attached hydrogens (tertiary/aromatic N) is 1. The van der Waals surface area contributed by atoms with Crippen LogP contribution in [0.1, 0.15) is 12.8 Å². The highest BCUT2D eigenvalue weighted by atomic mass is 16.6. The Hall–Kier alpha value is -2.24. The maximum absolute atomic E-state index is 11.9. The summed E-state index contributed by atoms with van der Waals surface area (Å²) in [5, 5.41) is 8.93. The number of hydrogen-bond donors (Lipinski definition) is 1. The lowest BCUT2D eigenvalue weighted by atomic mass is 10.1. The van der Waals surface area contributed by atoms with E-state index in [1.54, 1.807) is 24.3 Å². The molecule has 0 aliphatic carbocycles. The van der Waals surface area contributed by atoms with E-state index in [1.165, 1.54) is 12.0 Å². The van der Waals surface area contributed by atoms with Gasteiger partial charge in [-0.3, -0.25) is 9.69 Å². The summed E-state index contributed by atoms with van der Waals surface area (Å²) in [4.78, 5) is 24.2. The molecule has 6 heteroatoms. The second-order valence-corrected chi connectivity index (χ2v) is 4.20. The number of anilines is 1. The number of cyclic esters (lactones) is 1. The highest BCUT2D eigenvalue weighted by Gasteiger charge is 2.33. The summed E-state index contributed by atoms with van der Waals surface area (Å²) >= 11 is 0. The molecule has 0 radical (unpaired) electrons. The van der Waals surface area contributed by atoms with Crippen molar-refractivity contribution < 1.29 is 24.2 Å². The van der Waals surface area contributed by atoms with Gasteiger partial charge in [0.2, 0.25) is 0 Å². The van der Waals surface area contributed by atoms with E-state index in [-0.39, 0.29) is 13.0 Å². The number of para-hydroxylation sites is 2. The first kappa shape index (κ1) is 13.2. The second-order valence-electron chi connectivity index (χ2n) is 4.20. The lowest BCUT2D eigenvalue weighted by molar-refractivity contribution is -0.137.